The Balaban J connectivity index is 2.28. The van der Waals surface area contributed by atoms with Crippen molar-refractivity contribution in [1.29, 1.82) is 0 Å². The third kappa shape index (κ3) is 2.33. The minimum Gasteiger partial charge on any atom is -0.466 e. The first-order chi connectivity index (χ1) is 9.02. The number of esters is 1. The van der Waals surface area contributed by atoms with Crippen molar-refractivity contribution >= 4 is 11.7 Å². The Labute approximate surface area is 112 Å². The lowest BCUT2D eigenvalue weighted by Crippen LogP contribution is -2.46. The summed E-state index contributed by atoms with van der Waals surface area (Å²) in [5, 5.41) is 4.03. The lowest BCUT2D eigenvalue weighted by Gasteiger charge is -2.21. The average molecular weight is 262 g/mol. The molecule has 2 N–H and O–H groups in total. The number of hydrogen-bond donors (Lipinski definition) is 1. The molecular weight excluding hydrogens is 244 g/mol. The fourth-order valence-electron chi connectivity index (χ4n) is 2.25. The molecule has 19 heavy (non-hydrogen) atoms. The first-order valence-corrected chi connectivity index (χ1v) is 6.13. The Kier molecular flexibility index (Phi) is 3.57. The van der Waals surface area contributed by atoms with Crippen LogP contribution in [-0.4, -0.2) is 30.9 Å². The van der Waals surface area contributed by atoms with Crippen LogP contribution >= 0.6 is 0 Å². The fraction of sp³-hybridized carbons (Fsp3) is 0.429. The smallest absolute Gasteiger partial charge is 0.354 e. The molecule has 102 valence electrons. The molecule has 1 aromatic carbocycles. The maximum absolute atomic E-state index is 11.8. The molecule has 1 aliphatic heterocycles. The highest BCUT2D eigenvalue weighted by molar-refractivity contribution is 6.05. The molecule has 1 aromatic rings. The van der Waals surface area contributed by atoms with Crippen LogP contribution in [0.4, 0.5) is 0 Å². The zero-order valence-corrected chi connectivity index (χ0v) is 11.4. The van der Waals surface area contributed by atoms with Gasteiger partial charge in [0.25, 0.3) is 5.60 Å². The monoisotopic (exact) mass is 262 g/mol. The van der Waals surface area contributed by atoms with Crippen LogP contribution in [0.1, 0.15) is 23.1 Å². The summed E-state index contributed by atoms with van der Waals surface area (Å²) in [6, 6.07) is 6.06. The summed E-state index contributed by atoms with van der Waals surface area (Å²) in [6.45, 7) is 4.07. The summed E-state index contributed by atoms with van der Waals surface area (Å²) < 4.78 is 4.74. The van der Waals surface area contributed by atoms with Gasteiger partial charge >= 0.3 is 5.97 Å². The van der Waals surface area contributed by atoms with Crippen molar-refractivity contribution in [2.45, 2.75) is 25.9 Å². The summed E-state index contributed by atoms with van der Waals surface area (Å²) in [5.74, 6) is -0.487. The molecule has 0 amide bonds. The molecule has 0 radical (unpaired) electrons. The molecule has 5 heteroatoms. The van der Waals surface area contributed by atoms with E-state index in [1.54, 1.807) is 0 Å². The summed E-state index contributed by atoms with van der Waals surface area (Å²) in [5.41, 5.74) is 8.45. The Morgan fingerprint density at radius 3 is 2.84 bits per heavy atom. The van der Waals surface area contributed by atoms with Crippen molar-refractivity contribution in [2.24, 2.45) is 10.9 Å². The number of benzene rings is 1. The van der Waals surface area contributed by atoms with E-state index in [2.05, 4.69) is 11.2 Å². The van der Waals surface area contributed by atoms with Gasteiger partial charge in [0.1, 0.15) is 0 Å². The van der Waals surface area contributed by atoms with Gasteiger partial charge in [0, 0.05) is 18.5 Å². The minimum absolute atomic E-state index is 0.0393. The molecule has 2 rings (SSSR count). The van der Waals surface area contributed by atoms with Gasteiger partial charge in [-0.3, -0.25) is 0 Å². The number of aryl methyl sites for hydroxylation is 2. The summed E-state index contributed by atoms with van der Waals surface area (Å²) in [6.07, 6.45) is 0.333. The number of nitrogens with zero attached hydrogens (tertiary/aromatic N) is 1. The molecule has 1 heterocycles. The SMILES string of the molecule is COC(=O)C1(CN)CC(c2ccc(C)cc2C)=NO1. The molecule has 0 saturated heterocycles. The van der Waals surface area contributed by atoms with Gasteiger partial charge in [-0.1, -0.05) is 28.9 Å². The number of carbonyl (C=O) groups excluding carboxylic acids is 1. The molecule has 1 atom stereocenters. The molecule has 0 aromatic heterocycles. The summed E-state index contributed by atoms with van der Waals surface area (Å²) in [4.78, 5) is 17.1. The predicted molar refractivity (Wildman–Crippen MR) is 72.0 cm³/mol. The lowest BCUT2D eigenvalue weighted by atomic mass is 9.92. The molecule has 5 nitrogen and oxygen atoms in total. The first kappa shape index (κ1) is 13.5. The first-order valence-electron chi connectivity index (χ1n) is 6.13. The second-order valence-electron chi connectivity index (χ2n) is 4.81. The quantitative estimate of drug-likeness (QED) is 0.833. The van der Waals surface area contributed by atoms with Crippen molar-refractivity contribution < 1.29 is 14.4 Å². The maximum Gasteiger partial charge on any atom is 0.354 e. The summed E-state index contributed by atoms with van der Waals surface area (Å²) >= 11 is 0. The molecule has 1 aliphatic rings. The minimum atomic E-state index is -1.18. The third-order valence-corrected chi connectivity index (χ3v) is 3.36. The second-order valence-corrected chi connectivity index (χ2v) is 4.81. The Morgan fingerprint density at radius 2 is 2.26 bits per heavy atom. The predicted octanol–water partition coefficient (Wildman–Crippen LogP) is 1.30. The second kappa shape index (κ2) is 5.01. The molecule has 0 saturated carbocycles. The van der Waals surface area contributed by atoms with E-state index >= 15 is 0 Å². The molecular formula is C14H18N2O3. The van der Waals surface area contributed by atoms with Crippen LogP contribution < -0.4 is 5.73 Å². The van der Waals surface area contributed by atoms with Gasteiger partial charge in [-0.25, -0.2) is 4.79 Å². The van der Waals surface area contributed by atoms with E-state index in [1.807, 2.05) is 26.0 Å². The number of carbonyl (C=O) groups is 1. The van der Waals surface area contributed by atoms with Crippen LogP contribution in [0.25, 0.3) is 0 Å². The number of nitrogens with two attached hydrogens (primary N) is 1. The van der Waals surface area contributed by atoms with E-state index < -0.39 is 11.6 Å². The molecule has 0 aliphatic carbocycles. The van der Waals surface area contributed by atoms with Gasteiger partial charge in [-0.2, -0.15) is 0 Å². The number of hydrogen-bond acceptors (Lipinski definition) is 5. The van der Waals surface area contributed by atoms with E-state index in [1.165, 1.54) is 12.7 Å². The van der Waals surface area contributed by atoms with Crippen LogP contribution in [0.15, 0.2) is 23.4 Å². The van der Waals surface area contributed by atoms with Gasteiger partial charge in [0.2, 0.25) is 0 Å². The zero-order chi connectivity index (χ0) is 14.0. The van der Waals surface area contributed by atoms with Crippen molar-refractivity contribution in [3.05, 3.63) is 34.9 Å². The highest BCUT2D eigenvalue weighted by Gasteiger charge is 2.47. The topological polar surface area (TPSA) is 73.9 Å². The Bertz CT molecular complexity index is 539. The van der Waals surface area contributed by atoms with Gasteiger partial charge in [-0.15, -0.1) is 0 Å². The lowest BCUT2D eigenvalue weighted by molar-refractivity contribution is -0.165. The van der Waals surface area contributed by atoms with E-state index in [9.17, 15) is 4.79 Å². The Morgan fingerprint density at radius 1 is 1.53 bits per heavy atom. The van der Waals surface area contributed by atoms with Crippen LogP contribution in [0.5, 0.6) is 0 Å². The number of rotatable bonds is 3. The average Bonchev–Trinajstić information content (AvgIpc) is 2.83. The van der Waals surface area contributed by atoms with Crippen LogP contribution in [-0.2, 0) is 14.4 Å². The van der Waals surface area contributed by atoms with E-state index in [0.717, 1.165) is 16.8 Å². The van der Waals surface area contributed by atoms with Crippen LogP contribution in [0.3, 0.4) is 0 Å². The Hall–Kier alpha value is -1.88. The summed E-state index contributed by atoms with van der Waals surface area (Å²) in [7, 11) is 1.32. The van der Waals surface area contributed by atoms with Crippen molar-refractivity contribution in [3.8, 4) is 0 Å². The normalized spacial score (nSPS) is 21.8. The molecule has 0 bridgehead atoms. The third-order valence-electron chi connectivity index (χ3n) is 3.36. The molecule has 1 unspecified atom stereocenters. The van der Waals surface area contributed by atoms with Gasteiger partial charge in [0.05, 0.1) is 12.8 Å². The molecule has 0 fully saturated rings. The van der Waals surface area contributed by atoms with Gasteiger partial charge < -0.3 is 15.3 Å². The van der Waals surface area contributed by atoms with Crippen molar-refractivity contribution in [1.82, 2.24) is 0 Å². The largest absolute Gasteiger partial charge is 0.466 e. The van der Waals surface area contributed by atoms with Gasteiger partial charge in [-0.05, 0) is 19.4 Å². The fourth-order valence-corrected chi connectivity index (χ4v) is 2.25. The zero-order valence-electron chi connectivity index (χ0n) is 11.4. The number of ether oxygens (including phenoxy) is 1. The standard InChI is InChI=1S/C14H18N2O3/c1-9-4-5-11(10(2)6-9)12-7-14(8-15,19-16-12)13(17)18-3/h4-6H,7-8,15H2,1-3H3. The highest BCUT2D eigenvalue weighted by atomic mass is 16.7. The van der Waals surface area contributed by atoms with Crippen LogP contribution in [0.2, 0.25) is 0 Å². The number of methoxy groups -OCH3 is 1. The van der Waals surface area contributed by atoms with Crippen molar-refractivity contribution in [3.63, 3.8) is 0 Å². The molecule has 0 spiro atoms. The van der Waals surface area contributed by atoms with Gasteiger partial charge in [0.15, 0.2) is 0 Å². The maximum atomic E-state index is 11.8. The van der Waals surface area contributed by atoms with E-state index in [4.69, 9.17) is 15.3 Å². The number of oxime groups is 1. The van der Waals surface area contributed by atoms with Crippen LogP contribution in [0, 0.1) is 13.8 Å². The van der Waals surface area contributed by atoms with Crippen molar-refractivity contribution in [2.75, 3.05) is 13.7 Å². The van der Waals surface area contributed by atoms with E-state index in [-0.39, 0.29) is 6.54 Å². The highest BCUT2D eigenvalue weighted by Crippen LogP contribution is 2.28. The van der Waals surface area contributed by atoms with E-state index in [0.29, 0.717) is 6.42 Å².